The molecule has 0 unspecified atom stereocenters. The van der Waals surface area contributed by atoms with Gasteiger partial charge in [0.1, 0.15) is 0 Å². The maximum absolute atomic E-state index is 12.4. The Labute approximate surface area is 196 Å². The summed E-state index contributed by atoms with van der Waals surface area (Å²) < 4.78 is 2.13. The first-order valence-corrected chi connectivity index (χ1v) is 11.5. The number of nitrogens with one attached hydrogen (secondary N) is 2. The molecule has 5 aromatic rings. The molecule has 7 nitrogen and oxygen atoms in total. The van der Waals surface area contributed by atoms with E-state index in [2.05, 4.69) is 45.1 Å². The van der Waals surface area contributed by atoms with Crippen molar-refractivity contribution in [1.82, 2.24) is 24.7 Å². The van der Waals surface area contributed by atoms with E-state index in [4.69, 9.17) is 9.97 Å². The van der Waals surface area contributed by atoms with Gasteiger partial charge in [-0.3, -0.25) is 14.2 Å². The van der Waals surface area contributed by atoms with Gasteiger partial charge >= 0.3 is 0 Å². The van der Waals surface area contributed by atoms with Crippen LogP contribution in [0, 0.1) is 6.92 Å². The van der Waals surface area contributed by atoms with E-state index in [0.717, 1.165) is 51.9 Å². The lowest BCUT2D eigenvalue weighted by Gasteiger charge is -2.12. The minimum Gasteiger partial charge on any atom is -0.363 e. The smallest absolute Gasteiger partial charge is 0.251 e. The van der Waals surface area contributed by atoms with E-state index in [-0.39, 0.29) is 5.91 Å². The van der Waals surface area contributed by atoms with Gasteiger partial charge in [-0.2, -0.15) is 0 Å². The second kappa shape index (κ2) is 8.26. The van der Waals surface area contributed by atoms with Crippen LogP contribution in [0.5, 0.6) is 0 Å². The zero-order valence-corrected chi connectivity index (χ0v) is 18.8. The largest absolute Gasteiger partial charge is 0.363 e. The van der Waals surface area contributed by atoms with Crippen LogP contribution in [0.1, 0.15) is 34.3 Å². The summed E-state index contributed by atoms with van der Waals surface area (Å²) in [6, 6.07) is 18.3. The third-order valence-corrected chi connectivity index (χ3v) is 6.12. The van der Waals surface area contributed by atoms with Gasteiger partial charge in [0, 0.05) is 36.1 Å². The van der Waals surface area contributed by atoms with Crippen molar-refractivity contribution in [3.8, 4) is 11.3 Å². The average molecular weight is 449 g/mol. The highest BCUT2D eigenvalue weighted by molar-refractivity contribution is 5.95. The number of carbonyl (C=O) groups excluding carboxylic acids is 1. The molecule has 0 spiro atoms. The number of aromatic nitrogens is 4. The van der Waals surface area contributed by atoms with Crippen molar-refractivity contribution in [2.45, 2.75) is 32.4 Å². The topological polar surface area (TPSA) is 84.2 Å². The highest BCUT2D eigenvalue weighted by Gasteiger charge is 2.24. The van der Waals surface area contributed by atoms with E-state index in [9.17, 15) is 4.79 Å². The minimum absolute atomic E-state index is 0.0146. The van der Waals surface area contributed by atoms with Crippen molar-refractivity contribution in [3.63, 3.8) is 0 Å². The number of carbonyl (C=O) groups is 1. The zero-order chi connectivity index (χ0) is 23.1. The summed E-state index contributed by atoms with van der Waals surface area (Å²) in [6.45, 7) is 2.66. The van der Waals surface area contributed by atoms with Gasteiger partial charge in [0.25, 0.3) is 5.91 Å². The molecule has 0 bridgehead atoms. The number of hydrogen-bond donors (Lipinski definition) is 2. The standard InChI is InChI=1S/C27H24N6O/c1-17-4-11-23-22(13-17)32-25(29-15-18-3-2-12-28-14-18)26-30-16-24(33(23)26)19-5-7-20(8-6-19)27(34)31-21-9-10-21/h2-8,11-14,16,21H,9-10,15H2,1H3,(H,29,32)(H,31,34). The lowest BCUT2D eigenvalue weighted by Crippen LogP contribution is -2.25. The van der Waals surface area contributed by atoms with E-state index < -0.39 is 0 Å². The average Bonchev–Trinajstić information content (AvgIpc) is 3.57. The van der Waals surface area contributed by atoms with Crippen LogP contribution in [0.4, 0.5) is 5.82 Å². The third-order valence-electron chi connectivity index (χ3n) is 6.12. The number of amides is 1. The molecule has 6 rings (SSSR count). The predicted octanol–water partition coefficient (Wildman–Crippen LogP) is 4.76. The molecule has 1 amide bonds. The molecular weight excluding hydrogens is 424 g/mol. The summed E-state index contributed by atoms with van der Waals surface area (Å²) in [7, 11) is 0. The number of anilines is 1. The molecule has 1 saturated carbocycles. The predicted molar refractivity (Wildman–Crippen MR) is 133 cm³/mol. The lowest BCUT2D eigenvalue weighted by atomic mass is 10.1. The van der Waals surface area contributed by atoms with Gasteiger partial charge < -0.3 is 10.6 Å². The first-order chi connectivity index (χ1) is 16.7. The Bertz CT molecular complexity index is 1500. The normalized spacial score (nSPS) is 13.3. The second-order valence-corrected chi connectivity index (χ2v) is 8.79. The molecule has 1 aliphatic carbocycles. The van der Waals surface area contributed by atoms with Gasteiger partial charge in [-0.25, -0.2) is 9.97 Å². The van der Waals surface area contributed by atoms with Crippen molar-refractivity contribution in [2.24, 2.45) is 0 Å². The van der Waals surface area contributed by atoms with Crippen LogP contribution in [0.3, 0.4) is 0 Å². The first-order valence-electron chi connectivity index (χ1n) is 11.5. The highest BCUT2D eigenvalue weighted by atomic mass is 16.1. The van der Waals surface area contributed by atoms with E-state index in [1.807, 2.05) is 48.8 Å². The van der Waals surface area contributed by atoms with Crippen molar-refractivity contribution >= 4 is 28.4 Å². The molecular formula is C27H24N6O. The van der Waals surface area contributed by atoms with Gasteiger partial charge in [0.05, 0.1) is 22.9 Å². The number of benzene rings is 2. The molecule has 3 heterocycles. The summed E-state index contributed by atoms with van der Waals surface area (Å²) in [4.78, 5) is 26.2. The summed E-state index contributed by atoms with van der Waals surface area (Å²) in [5.74, 6) is 0.702. The van der Waals surface area contributed by atoms with Crippen molar-refractivity contribution in [1.29, 1.82) is 0 Å². The third kappa shape index (κ3) is 3.85. The van der Waals surface area contributed by atoms with Crippen LogP contribution in [0.25, 0.3) is 27.9 Å². The molecule has 7 heteroatoms. The lowest BCUT2D eigenvalue weighted by molar-refractivity contribution is 0.0951. The van der Waals surface area contributed by atoms with Gasteiger partial charge in [-0.15, -0.1) is 0 Å². The van der Waals surface area contributed by atoms with E-state index in [1.54, 1.807) is 6.20 Å². The van der Waals surface area contributed by atoms with Gasteiger partial charge in [0.2, 0.25) is 0 Å². The molecule has 0 atom stereocenters. The maximum atomic E-state index is 12.4. The van der Waals surface area contributed by atoms with Crippen molar-refractivity contribution < 1.29 is 4.79 Å². The molecule has 2 aromatic carbocycles. The van der Waals surface area contributed by atoms with Crippen molar-refractivity contribution in [3.05, 3.63) is 89.9 Å². The number of imidazole rings is 1. The van der Waals surface area contributed by atoms with E-state index in [1.165, 1.54) is 0 Å². The summed E-state index contributed by atoms with van der Waals surface area (Å²) >= 11 is 0. The number of pyridine rings is 1. The molecule has 168 valence electrons. The van der Waals surface area contributed by atoms with Crippen LogP contribution in [-0.2, 0) is 6.54 Å². The quantitative estimate of drug-likeness (QED) is 0.391. The Balaban J connectivity index is 1.42. The zero-order valence-electron chi connectivity index (χ0n) is 18.8. The fourth-order valence-electron chi connectivity index (χ4n) is 4.14. The molecule has 34 heavy (non-hydrogen) atoms. The Morgan fingerprint density at radius 1 is 1.09 bits per heavy atom. The molecule has 1 aliphatic rings. The van der Waals surface area contributed by atoms with Crippen LogP contribution in [0.2, 0.25) is 0 Å². The number of nitrogens with zero attached hydrogens (tertiary/aromatic N) is 4. The summed E-state index contributed by atoms with van der Waals surface area (Å²) in [6.07, 6.45) is 7.62. The van der Waals surface area contributed by atoms with Crippen molar-refractivity contribution in [2.75, 3.05) is 5.32 Å². The number of rotatable bonds is 6. The van der Waals surface area contributed by atoms with Crippen LogP contribution >= 0.6 is 0 Å². The number of hydrogen-bond acceptors (Lipinski definition) is 5. The molecule has 0 radical (unpaired) electrons. The van der Waals surface area contributed by atoms with Gasteiger partial charge in [0.15, 0.2) is 11.5 Å². The van der Waals surface area contributed by atoms with Crippen LogP contribution in [-0.4, -0.2) is 31.3 Å². The molecule has 0 aliphatic heterocycles. The van der Waals surface area contributed by atoms with E-state index >= 15 is 0 Å². The minimum atomic E-state index is -0.0146. The summed E-state index contributed by atoms with van der Waals surface area (Å²) in [5.41, 5.74) is 7.45. The van der Waals surface area contributed by atoms with Gasteiger partial charge in [-0.05, 0) is 61.2 Å². The molecule has 3 aromatic heterocycles. The van der Waals surface area contributed by atoms with Gasteiger partial charge in [-0.1, -0.05) is 24.3 Å². The SMILES string of the molecule is Cc1ccc2c(c1)nc(NCc1cccnc1)c1ncc(-c3ccc(C(=O)NC4CC4)cc3)n12. The summed E-state index contributed by atoms with van der Waals surface area (Å²) in [5, 5.41) is 6.48. The second-order valence-electron chi connectivity index (χ2n) is 8.79. The maximum Gasteiger partial charge on any atom is 0.251 e. The Morgan fingerprint density at radius 3 is 2.71 bits per heavy atom. The van der Waals surface area contributed by atoms with E-state index in [0.29, 0.717) is 24.0 Å². The highest BCUT2D eigenvalue weighted by Crippen LogP contribution is 2.29. The number of aryl methyl sites for hydroxylation is 1. The molecule has 1 fully saturated rings. The Kier molecular flexibility index (Phi) is 4.95. The fraction of sp³-hybridized carbons (Fsp3) is 0.185. The van der Waals surface area contributed by atoms with Crippen LogP contribution < -0.4 is 10.6 Å². The van der Waals surface area contributed by atoms with Crippen LogP contribution in [0.15, 0.2) is 73.2 Å². The Morgan fingerprint density at radius 2 is 1.94 bits per heavy atom. The molecule has 0 saturated heterocycles. The molecule has 2 N–H and O–H groups in total. The monoisotopic (exact) mass is 448 g/mol. The fourth-order valence-corrected chi connectivity index (χ4v) is 4.14. The Hall–Kier alpha value is -4.26. The first kappa shape index (κ1) is 20.4. The number of fused-ring (bicyclic) bond motifs is 3.